The third kappa shape index (κ3) is 4.64. The van der Waals surface area contributed by atoms with Crippen LogP contribution in [0.25, 0.3) is 11.3 Å². The fraction of sp³-hybridized carbons (Fsp3) is 0.150. The van der Waals surface area contributed by atoms with E-state index >= 15 is 0 Å². The molecule has 0 saturated carbocycles. The average Bonchev–Trinajstić information content (AvgIpc) is 2.71. The van der Waals surface area contributed by atoms with Gasteiger partial charge in [-0.15, -0.1) is 0 Å². The number of amides is 1. The molecule has 1 aromatic heterocycles. The number of nitro benzene ring substituents is 1. The van der Waals surface area contributed by atoms with Gasteiger partial charge in [0.15, 0.2) is 0 Å². The zero-order chi connectivity index (χ0) is 21.0. The maximum absolute atomic E-state index is 12.4. The van der Waals surface area contributed by atoms with Crippen LogP contribution in [0.2, 0.25) is 0 Å². The maximum atomic E-state index is 12.4. The molecule has 9 nitrogen and oxygen atoms in total. The zero-order valence-corrected chi connectivity index (χ0v) is 15.8. The van der Waals surface area contributed by atoms with Crippen molar-refractivity contribution in [1.29, 1.82) is 0 Å². The molecule has 0 aliphatic heterocycles. The Kier molecular flexibility index (Phi) is 5.68. The largest absolute Gasteiger partial charge is 0.497 e. The van der Waals surface area contributed by atoms with Gasteiger partial charge in [-0.05, 0) is 48.9 Å². The van der Waals surface area contributed by atoms with Crippen molar-refractivity contribution in [2.24, 2.45) is 0 Å². The molecule has 29 heavy (non-hydrogen) atoms. The molecule has 0 bridgehead atoms. The molecule has 3 rings (SSSR count). The summed E-state index contributed by atoms with van der Waals surface area (Å²) in [5.41, 5.74) is 1.79. The van der Waals surface area contributed by atoms with E-state index < -0.39 is 16.4 Å². The van der Waals surface area contributed by atoms with Gasteiger partial charge in [0.1, 0.15) is 12.3 Å². The molecule has 0 spiro atoms. The number of hydrogen-bond acceptors (Lipinski definition) is 6. The number of non-ortho nitro benzene ring substituents is 1. The fourth-order valence-corrected chi connectivity index (χ4v) is 2.71. The lowest BCUT2D eigenvalue weighted by Crippen LogP contribution is -2.29. The van der Waals surface area contributed by atoms with Gasteiger partial charge in [-0.2, -0.15) is 5.10 Å². The number of nitrogens with one attached hydrogen (secondary N) is 1. The Morgan fingerprint density at radius 1 is 1.17 bits per heavy atom. The van der Waals surface area contributed by atoms with Crippen LogP contribution in [0.15, 0.2) is 59.4 Å². The van der Waals surface area contributed by atoms with Crippen LogP contribution in [0.4, 0.5) is 11.4 Å². The van der Waals surface area contributed by atoms with Crippen LogP contribution >= 0.6 is 0 Å². The first kappa shape index (κ1) is 19.7. The highest BCUT2D eigenvalue weighted by Gasteiger charge is 2.12. The van der Waals surface area contributed by atoms with Crippen molar-refractivity contribution in [3.63, 3.8) is 0 Å². The van der Waals surface area contributed by atoms with E-state index in [4.69, 9.17) is 4.74 Å². The van der Waals surface area contributed by atoms with Crippen LogP contribution < -0.4 is 15.6 Å². The molecule has 148 valence electrons. The van der Waals surface area contributed by atoms with Crippen molar-refractivity contribution in [2.75, 3.05) is 12.4 Å². The van der Waals surface area contributed by atoms with Crippen LogP contribution in [0.1, 0.15) is 5.56 Å². The molecule has 0 radical (unpaired) electrons. The van der Waals surface area contributed by atoms with Gasteiger partial charge in [-0.1, -0.05) is 0 Å². The number of aromatic nitrogens is 2. The first-order valence-electron chi connectivity index (χ1n) is 8.65. The normalized spacial score (nSPS) is 10.4. The standard InChI is InChI=1S/C20H18N4O5/c1-13-11-15(24(27)28)5-8-17(13)21-19(25)12-23-20(26)10-9-18(22-23)14-3-6-16(29-2)7-4-14/h3-11H,12H2,1-2H3,(H,21,25). The highest BCUT2D eigenvalue weighted by Crippen LogP contribution is 2.21. The minimum Gasteiger partial charge on any atom is -0.497 e. The van der Waals surface area contributed by atoms with Crippen molar-refractivity contribution in [1.82, 2.24) is 9.78 Å². The molecule has 9 heteroatoms. The van der Waals surface area contributed by atoms with Crippen LogP contribution in [0.3, 0.4) is 0 Å². The molecule has 0 atom stereocenters. The van der Waals surface area contributed by atoms with Gasteiger partial charge in [0.2, 0.25) is 5.91 Å². The minimum absolute atomic E-state index is 0.0643. The van der Waals surface area contributed by atoms with Crippen LogP contribution in [0.5, 0.6) is 5.75 Å². The van der Waals surface area contributed by atoms with Crippen molar-refractivity contribution < 1.29 is 14.5 Å². The molecule has 1 heterocycles. The summed E-state index contributed by atoms with van der Waals surface area (Å²) in [6.07, 6.45) is 0. The number of anilines is 1. The number of aryl methyl sites for hydroxylation is 1. The lowest BCUT2D eigenvalue weighted by atomic mass is 10.1. The van der Waals surface area contributed by atoms with Crippen molar-refractivity contribution in [3.05, 3.63) is 80.6 Å². The van der Waals surface area contributed by atoms with Gasteiger partial charge in [-0.3, -0.25) is 19.7 Å². The third-order valence-corrected chi connectivity index (χ3v) is 4.24. The molecule has 0 aliphatic rings. The van der Waals surface area contributed by atoms with E-state index in [1.165, 1.54) is 24.3 Å². The molecule has 0 fully saturated rings. The van der Waals surface area contributed by atoms with E-state index in [0.29, 0.717) is 22.7 Å². The van der Waals surface area contributed by atoms with E-state index in [2.05, 4.69) is 10.4 Å². The summed E-state index contributed by atoms with van der Waals surface area (Å²) in [5, 5.41) is 17.7. The fourth-order valence-electron chi connectivity index (χ4n) is 2.71. The maximum Gasteiger partial charge on any atom is 0.269 e. The molecule has 2 aromatic carbocycles. The number of benzene rings is 2. The van der Waals surface area contributed by atoms with Gasteiger partial charge < -0.3 is 10.1 Å². The lowest BCUT2D eigenvalue weighted by Gasteiger charge is -2.10. The molecule has 1 amide bonds. The summed E-state index contributed by atoms with van der Waals surface area (Å²) in [7, 11) is 1.57. The summed E-state index contributed by atoms with van der Waals surface area (Å²) >= 11 is 0. The second-order valence-corrected chi connectivity index (χ2v) is 6.25. The number of carbonyl (C=O) groups is 1. The van der Waals surface area contributed by atoms with Gasteiger partial charge in [0, 0.05) is 29.4 Å². The van der Waals surface area contributed by atoms with Gasteiger partial charge >= 0.3 is 0 Å². The lowest BCUT2D eigenvalue weighted by molar-refractivity contribution is -0.384. The number of rotatable bonds is 6. The van der Waals surface area contributed by atoms with Crippen LogP contribution in [-0.4, -0.2) is 27.7 Å². The second-order valence-electron chi connectivity index (χ2n) is 6.25. The quantitative estimate of drug-likeness (QED) is 0.508. The monoisotopic (exact) mass is 394 g/mol. The van der Waals surface area contributed by atoms with Gasteiger partial charge in [0.05, 0.1) is 17.7 Å². The van der Waals surface area contributed by atoms with E-state index in [-0.39, 0.29) is 12.2 Å². The molecular formula is C20H18N4O5. The number of methoxy groups -OCH3 is 1. The van der Waals surface area contributed by atoms with Gasteiger partial charge in [0.25, 0.3) is 11.2 Å². The highest BCUT2D eigenvalue weighted by molar-refractivity contribution is 5.91. The van der Waals surface area contributed by atoms with Crippen molar-refractivity contribution in [2.45, 2.75) is 13.5 Å². The number of nitro groups is 1. The summed E-state index contributed by atoms with van der Waals surface area (Å²) in [4.78, 5) is 34.8. The smallest absolute Gasteiger partial charge is 0.269 e. The SMILES string of the molecule is COc1ccc(-c2ccc(=O)n(CC(=O)Nc3ccc([N+](=O)[O-])cc3C)n2)cc1. The summed E-state index contributed by atoms with van der Waals surface area (Å²) in [5.74, 6) is 0.225. The Labute approximate surface area is 165 Å². The third-order valence-electron chi connectivity index (χ3n) is 4.24. The Morgan fingerprint density at radius 2 is 1.90 bits per heavy atom. The Balaban J connectivity index is 1.78. The van der Waals surface area contributed by atoms with E-state index in [1.54, 1.807) is 44.4 Å². The number of carbonyl (C=O) groups excluding carboxylic acids is 1. The highest BCUT2D eigenvalue weighted by atomic mass is 16.6. The van der Waals surface area contributed by atoms with E-state index in [0.717, 1.165) is 10.2 Å². The topological polar surface area (TPSA) is 116 Å². The minimum atomic E-state index is -0.507. The summed E-state index contributed by atoms with van der Waals surface area (Å²) < 4.78 is 6.19. The van der Waals surface area contributed by atoms with E-state index in [1.807, 2.05) is 0 Å². The zero-order valence-electron chi connectivity index (χ0n) is 15.8. The number of hydrogen-bond donors (Lipinski definition) is 1. The Bertz CT molecular complexity index is 1120. The first-order chi connectivity index (χ1) is 13.9. The van der Waals surface area contributed by atoms with Crippen LogP contribution in [0, 0.1) is 17.0 Å². The number of ether oxygens (including phenoxy) is 1. The van der Waals surface area contributed by atoms with E-state index in [9.17, 15) is 19.7 Å². The van der Waals surface area contributed by atoms with Crippen molar-refractivity contribution >= 4 is 17.3 Å². The molecule has 3 aromatic rings. The summed E-state index contributed by atoms with van der Waals surface area (Å²) in [6.45, 7) is 1.36. The Hall–Kier alpha value is -4.01. The molecule has 0 unspecified atom stereocenters. The molecule has 1 N–H and O–H groups in total. The predicted octanol–water partition coefficient (Wildman–Crippen LogP) is 2.77. The average molecular weight is 394 g/mol. The van der Waals surface area contributed by atoms with Crippen molar-refractivity contribution in [3.8, 4) is 17.0 Å². The molecule has 0 saturated heterocycles. The summed E-state index contributed by atoms with van der Waals surface area (Å²) in [6, 6.07) is 14.2. The van der Waals surface area contributed by atoms with Gasteiger partial charge in [-0.25, -0.2) is 4.68 Å². The predicted molar refractivity (Wildman–Crippen MR) is 107 cm³/mol. The van der Waals surface area contributed by atoms with Crippen LogP contribution in [-0.2, 0) is 11.3 Å². The number of nitrogens with zero attached hydrogens (tertiary/aromatic N) is 3. The first-order valence-corrected chi connectivity index (χ1v) is 8.65. The molecule has 0 aliphatic carbocycles. The Morgan fingerprint density at radius 3 is 2.52 bits per heavy atom. The second kappa shape index (κ2) is 8.34. The molecular weight excluding hydrogens is 376 g/mol.